The van der Waals surface area contributed by atoms with Crippen LogP contribution in [0.1, 0.15) is 5.56 Å². The fourth-order valence-corrected chi connectivity index (χ4v) is 4.16. The van der Waals surface area contributed by atoms with Crippen molar-refractivity contribution >= 4 is 28.8 Å². The number of aromatic nitrogens is 2. The molecule has 9 nitrogen and oxygen atoms in total. The quantitative estimate of drug-likeness (QED) is 0.465. The van der Waals surface area contributed by atoms with E-state index in [-0.39, 0.29) is 11.6 Å². The Morgan fingerprint density at radius 2 is 1.82 bits per heavy atom. The lowest BCUT2D eigenvalue weighted by Gasteiger charge is -2.33. The number of hydrogen-bond donors (Lipinski definition) is 1. The second kappa shape index (κ2) is 8.58. The summed E-state index contributed by atoms with van der Waals surface area (Å²) in [6.07, 6.45) is 3.32. The molecule has 3 aliphatic rings. The maximum atomic E-state index is 12.4. The van der Waals surface area contributed by atoms with Crippen LogP contribution in [0.3, 0.4) is 0 Å². The normalized spacial score (nSPS) is 21.4. The maximum Gasteiger partial charge on any atom is 0.365 e. The minimum Gasteiger partial charge on any atom is -0.458 e. The number of fused-ring (bicyclic) bond motifs is 1. The number of nitrogens with one attached hydrogen (secondary N) is 1. The third kappa shape index (κ3) is 4.07. The highest BCUT2D eigenvalue weighted by molar-refractivity contribution is 6.10. The second-order valence-electron chi connectivity index (χ2n) is 8.28. The Hall–Kier alpha value is -4.27. The third-order valence-electron chi connectivity index (χ3n) is 5.96. The Labute approximate surface area is 195 Å². The number of benzene rings is 2. The number of H-pyrrole nitrogens is 1. The zero-order valence-electron chi connectivity index (χ0n) is 18.4. The largest absolute Gasteiger partial charge is 0.458 e. The predicted molar refractivity (Wildman–Crippen MR) is 126 cm³/mol. The van der Waals surface area contributed by atoms with Crippen LogP contribution in [0, 0.1) is 0 Å². The number of ether oxygens (including phenoxy) is 3. The average Bonchev–Trinajstić information content (AvgIpc) is 3.59. The molecule has 172 valence electrons. The van der Waals surface area contributed by atoms with Crippen molar-refractivity contribution in [2.75, 3.05) is 31.1 Å². The van der Waals surface area contributed by atoms with Crippen molar-refractivity contribution in [1.82, 2.24) is 14.9 Å². The van der Waals surface area contributed by atoms with E-state index >= 15 is 0 Å². The van der Waals surface area contributed by atoms with Gasteiger partial charge in [0.1, 0.15) is 6.26 Å². The van der Waals surface area contributed by atoms with Gasteiger partial charge < -0.3 is 29.0 Å². The van der Waals surface area contributed by atoms with Crippen molar-refractivity contribution in [1.29, 1.82) is 0 Å². The molecule has 4 heterocycles. The summed E-state index contributed by atoms with van der Waals surface area (Å²) in [5, 5.41) is 0. The number of aliphatic imine (C=N–C) groups is 1. The minimum atomic E-state index is -0.495. The second-order valence-corrected chi connectivity index (χ2v) is 8.28. The number of para-hydroxylation sites is 2. The Morgan fingerprint density at radius 1 is 1.03 bits per heavy atom. The van der Waals surface area contributed by atoms with E-state index in [2.05, 4.69) is 24.8 Å². The van der Waals surface area contributed by atoms with Crippen LogP contribution in [-0.2, 0) is 25.4 Å². The molecule has 0 bridgehead atoms. The van der Waals surface area contributed by atoms with E-state index in [0.717, 1.165) is 48.7 Å². The van der Waals surface area contributed by atoms with Gasteiger partial charge in [-0.05, 0) is 17.7 Å². The number of carbonyl (C=O) groups is 1. The molecule has 1 aromatic heterocycles. The van der Waals surface area contributed by atoms with Gasteiger partial charge in [-0.1, -0.05) is 42.5 Å². The van der Waals surface area contributed by atoms with Crippen LogP contribution in [-0.4, -0.2) is 59.2 Å². The fourth-order valence-electron chi connectivity index (χ4n) is 4.16. The molecule has 9 heteroatoms. The molecule has 2 aromatic carbocycles. The summed E-state index contributed by atoms with van der Waals surface area (Å²) >= 11 is 0. The van der Waals surface area contributed by atoms with Gasteiger partial charge in [0, 0.05) is 38.8 Å². The first-order valence-electron chi connectivity index (χ1n) is 11.2. The summed E-state index contributed by atoms with van der Waals surface area (Å²) in [4.78, 5) is 29.1. The number of piperazine rings is 1. The average molecular weight is 457 g/mol. The van der Waals surface area contributed by atoms with E-state index in [1.807, 2.05) is 54.6 Å². The number of esters is 1. The van der Waals surface area contributed by atoms with Gasteiger partial charge in [0.15, 0.2) is 5.70 Å². The lowest BCUT2D eigenvalue weighted by Crippen LogP contribution is -2.44. The van der Waals surface area contributed by atoms with Crippen LogP contribution in [0.15, 0.2) is 83.5 Å². The van der Waals surface area contributed by atoms with Crippen LogP contribution in [0.2, 0.25) is 0 Å². The first-order valence-corrected chi connectivity index (χ1v) is 11.2. The van der Waals surface area contributed by atoms with Crippen molar-refractivity contribution in [2.45, 2.75) is 12.7 Å². The van der Waals surface area contributed by atoms with Gasteiger partial charge >= 0.3 is 5.97 Å². The molecule has 0 saturated carbocycles. The smallest absolute Gasteiger partial charge is 0.365 e. The van der Waals surface area contributed by atoms with E-state index < -0.39 is 12.3 Å². The van der Waals surface area contributed by atoms with Crippen LogP contribution >= 0.6 is 0 Å². The maximum absolute atomic E-state index is 12.4. The van der Waals surface area contributed by atoms with E-state index in [9.17, 15) is 4.79 Å². The van der Waals surface area contributed by atoms with E-state index in [1.54, 1.807) is 6.20 Å². The van der Waals surface area contributed by atoms with Gasteiger partial charge in [-0.2, -0.15) is 0 Å². The highest BCUT2D eigenvalue weighted by Gasteiger charge is 2.32. The molecule has 1 N–H and O–H groups in total. The minimum absolute atomic E-state index is 0.132. The van der Waals surface area contributed by atoms with Crippen molar-refractivity contribution in [3.63, 3.8) is 0 Å². The van der Waals surface area contributed by atoms with E-state index in [4.69, 9.17) is 14.2 Å². The topological polar surface area (TPSA) is 92.3 Å². The zero-order valence-corrected chi connectivity index (χ0v) is 18.4. The summed E-state index contributed by atoms with van der Waals surface area (Å²) in [5.74, 6) is 0.829. The van der Waals surface area contributed by atoms with Crippen molar-refractivity contribution in [3.8, 4) is 0 Å². The van der Waals surface area contributed by atoms with E-state index in [1.165, 1.54) is 6.26 Å². The molecule has 1 atom stereocenters. The molecular formula is C25H23N5O4. The van der Waals surface area contributed by atoms with Crippen molar-refractivity contribution < 1.29 is 19.0 Å². The van der Waals surface area contributed by atoms with Gasteiger partial charge in [0.05, 0.1) is 11.0 Å². The van der Waals surface area contributed by atoms with Crippen LogP contribution in [0.4, 0.5) is 5.95 Å². The van der Waals surface area contributed by atoms with Gasteiger partial charge in [-0.25, -0.2) is 14.8 Å². The molecule has 3 aliphatic heterocycles. The number of rotatable bonds is 5. The SMILES string of the molecule is O=C1OC(C2=COC(Cc3ccccc3)O2)=NC1=CN1CCN(c2nc3ccccc3[nH]2)CC1. The third-order valence-corrected chi connectivity index (χ3v) is 5.96. The number of nitrogens with zero attached hydrogens (tertiary/aromatic N) is 4. The number of aromatic amines is 1. The number of imidazole rings is 1. The summed E-state index contributed by atoms with van der Waals surface area (Å²) in [5.41, 5.74) is 3.32. The monoisotopic (exact) mass is 457 g/mol. The summed E-state index contributed by atoms with van der Waals surface area (Å²) < 4.78 is 16.7. The lowest BCUT2D eigenvalue weighted by molar-refractivity contribution is -0.130. The van der Waals surface area contributed by atoms with Gasteiger partial charge in [0.2, 0.25) is 18.0 Å². The van der Waals surface area contributed by atoms with Gasteiger partial charge in [0.25, 0.3) is 5.90 Å². The van der Waals surface area contributed by atoms with Crippen molar-refractivity contribution in [3.05, 3.63) is 84.1 Å². The molecule has 1 unspecified atom stereocenters. The molecule has 0 spiro atoms. The Balaban J connectivity index is 1.07. The molecular weight excluding hydrogens is 434 g/mol. The molecule has 3 aromatic rings. The number of anilines is 1. The highest BCUT2D eigenvalue weighted by atomic mass is 16.7. The molecule has 0 aliphatic carbocycles. The van der Waals surface area contributed by atoms with Crippen LogP contribution < -0.4 is 4.90 Å². The van der Waals surface area contributed by atoms with E-state index in [0.29, 0.717) is 12.2 Å². The van der Waals surface area contributed by atoms with Crippen LogP contribution in [0.5, 0.6) is 0 Å². The molecule has 34 heavy (non-hydrogen) atoms. The lowest BCUT2D eigenvalue weighted by atomic mass is 10.1. The number of hydrogen-bond acceptors (Lipinski definition) is 8. The van der Waals surface area contributed by atoms with Gasteiger partial charge in [-0.3, -0.25) is 0 Å². The summed E-state index contributed by atoms with van der Waals surface area (Å²) in [6, 6.07) is 17.9. The Bertz CT molecular complexity index is 1270. The number of carbonyl (C=O) groups excluding carboxylic acids is 1. The molecule has 1 fully saturated rings. The number of cyclic esters (lactones) is 1. The molecule has 0 radical (unpaired) electrons. The fraction of sp³-hybridized carbons (Fsp3) is 0.240. The summed E-state index contributed by atoms with van der Waals surface area (Å²) in [6.45, 7) is 3.03. The molecule has 6 rings (SSSR count). The Morgan fingerprint density at radius 3 is 2.65 bits per heavy atom. The predicted octanol–water partition coefficient (Wildman–Crippen LogP) is 2.94. The zero-order chi connectivity index (χ0) is 22.9. The van der Waals surface area contributed by atoms with Gasteiger partial charge in [-0.15, -0.1) is 0 Å². The van der Waals surface area contributed by atoms with Crippen LogP contribution in [0.25, 0.3) is 11.0 Å². The first-order chi connectivity index (χ1) is 16.7. The van der Waals surface area contributed by atoms with Crippen molar-refractivity contribution in [2.24, 2.45) is 4.99 Å². The molecule has 1 saturated heterocycles. The highest BCUT2D eigenvalue weighted by Crippen LogP contribution is 2.25. The standard InChI is InChI=1S/C25H23N5O4/c31-24-20(26-23(34-24)21-16-32-22(33-21)14-17-6-2-1-3-7-17)15-29-10-12-30(13-11-29)25-27-18-8-4-5-9-19(18)28-25/h1-9,15-16,22H,10-14H2,(H,27,28). The Kier molecular flexibility index (Phi) is 5.14. The first kappa shape index (κ1) is 20.3. The summed E-state index contributed by atoms with van der Waals surface area (Å²) in [7, 11) is 0. The molecule has 0 amide bonds.